The molecule has 3 rings (SSSR count). The van der Waals surface area contributed by atoms with Gasteiger partial charge in [-0.3, -0.25) is 4.68 Å². The van der Waals surface area contributed by atoms with Crippen LogP contribution in [0.15, 0.2) is 35.6 Å². The molecule has 8 heteroatoms. The Hall–Kier alpha value is -1.97. The summed E-state index contributed by atoms with van der Waals surface area (Å²) in [4.78, 5) is 4.72. The molecule has 2 heterocycles. The van der Waals surface area contributed by atoms with E-state index in [9.17, 15) is 0 Å². The predicted octanol–water partition coefficient (Wildman–Crippen LogP) is 2.98. The zero-order valence-electron chi connectivity index (χ0n) is 16.8. The summed E-state index contributed by atoms with van der Waals surface area (Å²) in [5.74, 6) is 2.62. The molecule has 28 heavy (non-hydrogen) atoms. The van der Waals surface area contributed by atoms with E-state index in [1.165, 1.54) is 5.56 Å². The molecule has 7 nitrogen and oxygen atoms in total. The molecule has 1 aromatic carbocycles. The molecule has 1 atom stereocenters. The molecule has 0 bridgehead atoms. The third-order valence-electron chi connectivity index (χ3n) is 4.32. The van der Waals surface area contributed by atoms with Crippen molar-refractivity contribution >= 4 is 29.9 Å². The maximum absolute atomic E-state index is 5.90. The van der Waals surface area contributed by atoms with E-state index in [1.807, 2.05) is 23.9 Å². The van der Waals surface area contributed by atoms with Crippen molar-refractivity contribution in [3.05, 3.63) is 41.7 Å². The zero-order valence-corrected chi connectivity index (χ0v) is 19.1. The van der Waals surface area contributed by atoms with Crippen LogP contribution in [0.25, 0.3) is 0 Å². The smallest absolute Gasteiger partial charge is 0.191 e. The Kier molecular flexibility index (Phi) is 8.88. The first-order valence-electron chi connectivity index (χ1n) is 9.64. The Morgan fingerprint density at radius 2 is 2.21 bits per heavy atom. The van der Waals surface area contributed by atoms with Gasteiger partial charge in [0.15, 0.2) is 5.96 Å². The summed E-state index contributed by atoms with van der Waals surface area (Å²) in [5.41, 5.74) is 2.25. The van der Waals surface area contributed by atoms with E-state index in [0.717, 1.165) is 49.1 Å². The number of halogens is 1. The van der Waals surface area contributed by atoms with E-state index in [2.05, 4.69) is 41.7 Å². The summed E-state index contributed by atoms with van der Waals surface area (Å²) in [5, 5.41) is 10.8. The molecular weight excluding hydrogens is 469 g/mol. The molecule has 2 N–H and O–H groups in total. The molecule has 1 unspecified atom stereocenters. The van der Waals surface area contributed by atoms with Crippen molar-refractivity contribution in [2.75, 3.05) is 19.7 Å². The number of hydrogen-bond donors (Lipinski definition) is 2. The predicted molar refractivity (Wildman–Crippen MR) is 122 cm³/mol. The number of nitrogens with zero attached hydrogens (tertiary/aromatic N) is 3. The fraction of sp³-hybridized carbons (Fsp3) is 0.500. The topological polar surface area (TPSA) is 72.7 Å². The van der Waals surface area contributed by atoms with Gasteiger partial charge in [-0.05, 0) is 39.0 Å². The highest BCUT2D eigenvalue weighted by Crippen LogP contribution is 2.35. The zero-order chi connectivity index (χ0) is 19.1. The number of nitrogens with one attached hydrogen (secondary N) is 2. The van der Waals surface area contributed by atoms with E-state index >= 15 is 0 Å². The van der Waals surface area contributed by atoms with Crippen LogP contribution < -0.4 is 20.1 Å². The number of benzene rings is 1. The van der Waals surface area contributed by atoms with Crippen molar-refractivity contribution in [1.29, 1.82) is 0 Å². The second-order valence-corrected chi connectivity index (χ2v) is 6.52. The lowest BCUT2D eigenvalue weighted by molar-refractivity contribution is 0.254. The minimum absolute atomic E-state index is 0. The normalized spacial score (nSPS) is 15.4. The number of aliphatic imine (C=N–C) groups is 1. The van der Waals surface area contributed by atoms with Crippen molar-refractivity contribution < 1.29 is 9.47 Å². The number of aromatic nitrogens is 2. The second kappa shape index (κ2) is 11.1. The number of guanidine groups is 1. The van der Waals surface area contributed by atoms with Crippen LogP contribution in [0.3, 0.4) is 0 Å². The van der Waals surface area contributed by atoms with Crippen molar-refractivity contribution in [2.45, 2.75) is 46.4 Å². The minimum atomic E-state index is 0. The highest BCUT2D eigenvalue weighted by molar-refractivity contribution is 14.0. The average molecular weight is 499 g/mol. The van der Waals surface area contributed by atoms with Crippen LogP contribution in [-0.2, 0) is 19.5 Å². The number of rotatable bonds is 8. The molecule has 1 aliphatic heterocycles. The molecule has 0 spiro atoms. The number of fused-ring (bicyclic) bond motifs is 1. The molecule has 1 aromatic heterocycles. The Balaban J connectivity index is 0.00000280. The van der Waals surface area contributed by atoms with Crippen LogP contribution in [0.5, 0.6) is 11.5 Å². The van der Waals surface area contributed by atoms with Crippen molar-refractivity contribution in [3.8, 4) is 11.5 Å². The van der Waals surface area contributed by atoms with E-state index < -0.39 is 0 Å². The van der Waals surface area contributed by atoms with Crippen LogP contribution >= 0.6 is 24.0 Å². The van der Waals surface area contributed by atoms with Gasteiger partial charge in [-0.15, -0.1) is 24.0 Å². The van der Waals surface area contributed by atoms with Crippen LogP contribution in [-0.4, -0.2) is 41.5 Å². The summed E-state index contributed by atoms with van der Waals surface area (Å²) in [6, 6.07) is 6.09. The first-order valence-corrected chi connectivity index (χ1v) is 9.64. The first-order chi connectivity index (χ1) is 13.2. The summed E-state index contributed by atoms with van der Waals surface area (Å²) in [7, 11) is 0. The molecule has 0 saturated heterocycles. The first kappa shape index (κ1) is 22.3. The lowest BCUT2D eigenvalue weighted by Crippen LogP contribution is -2.38. The summed E-state index contributed by atoms with van der Waals surface area (Å²) < 4.78 is 13.6. The highest BCUT2D eigenvalue weighted by atomic mass is 127. The van der Waals surface area contributed by atoms with Gasteiger partial charge in [0, 0.05) is 43.0 Å². The summed E-state index contributed by atoms with van der Waals surface area (Å²) in [6.45, 7) is 9.64. The Morgan fingerprint density at radius 1 is 1.36 bits per heavy atom. The maximum Gasteiger partial charge on any atom is 0.191 e. The SMILES string of the molecule is CCNC(=NCc1cc2c(cc1OCC)CC(C)O2)NCCn1cccn1.I. The molecular formula is C20H30IN5O2. The monoisotopic (exact) mass is 499 g/mol. The third-order valence-corrected chi connectivity index (χ3v) is 4.32. The Morgan fingerprint density at radius 3 is 2.93 bits per heavy atom. The van der Waals surface area contributed by atoms with Crippen molar-refractivity contribution in [2.24, 2.45) is 4.99 Å². The largest absolute Gasteiger partial charge is 0.494 e. The number of hydrogen-bond acceptors (Lipinski definition) is 4. The van der Waals surface area contributed by atoms with Gasteiger partial charge in [-0.2, -0.15) is 5.10 Å². The molecule has 154 valence electrons. The minimum Gasteiger partial charge on any atom is -0.494 e. The standard InChI is InChI=1S/C20H29N5O2.HI/c1-4-21-20(22-8-10-25-9-6-7-24-25)23-14-17-13-19-16(11-15(3)27-19)12-18(17)26-5-2;/h6-7,9,12-13,15H,4-5,8,10-11,14H2,1-3H3,(H2,21,22,23);1H. The van der Waals surface area contributed by atoms with E-state index in [1.54, 1.807) is 6.20 Å². The maximum atomic E-state index is 5.90. The van der Waals surface area contributed by atoms with Crippen LogP contribution in [0, 0.1) is 0 Å². The van der Waals surface area contributed by atoms with E-state index in [4.69, 9.17) is 14.5 Å². The van der Waals surface area contributed by atoms with Gasteiger partial charge in [-0.25, -0.2) is 4.99 Å². The average Bonchev–Trinajstić information content (AvgIpc) is 3.28. The van der Waals surface area contributed by atoms with Gasteiger partial charge in [-0.1, -0.05) is 0 Å². The molecule has 0 amide bonds. The summed E-state index contributed by atoms with van der Waals surface area (Å²) >= 11 is 0. The molecule has 0 radical (unpaired) electrons. The fourth-order valence-electron chi connectivity index (χ4n) is 3.12. The Bertz CT molecular complexity index is 764. The van der Waals surface area contributed by atoms with Gasteiger partial charge in [0.2, 0.25) is 0 Å². The van der Waals surface area contributed by atoms with Crippen molar-refractivity contribution in [1.82, 2.24) is 20.4 Å². The van der Waals surface area contributed by atoms with Gasteiger partial charge in [0.05, 0.1) is 19.7 Å². The third kappa shape index (κ3) is 6.02. The summed E-state index contributed by atoms with van der Waals surface area (Å²) in [6.07, 6.45) is 4.88. The van der Waals surface area contributed by atoms with Gasteiger partial charge in [0.25, 0.3) is 0 Å². The number of ether oxygens (including phenoxy) is 2. The van der Waals surface area contributed by atoms with Crippen LogP contribution in [0.4, 0.5) is 0 Å². The molecule has 2 aromatic rings. The van der Waals surface area contributed by atoms with E-state index in [-0.39, 0.29) is 30.1 Å². The van der Waals surface area contributed by atoms with Gasteiger partial charge in [0.1, 0.15) is 17.6 Å². The molecule has 0 aliphatic carbocycles. The second-order valence-electron chi connectivity index (χ2n) is 6.52. The molecule has 0 saturated carbocycles. The van der Waals surface area contributed by atoms with Crippen molar-refractivity contribution in [3.63, 3.8) is 0 Å². The molecule has 1 aliphatic rings. The quantitative estimate of drug-likeness (QED) is 0.332. The highest BCUT2D eigenvalue weighted by Gasteiger charge is 2.21. The van der Waals surface area contributed by atoms with E-state index in [0.29, 0.717) is 13.2 Å². The van der Waals surface area contributed by atoms with Crippen LogP contribution in [0.1, 0.15) is 31.9 Å². The molecule has 0 fully saturated rings. The lowest BCUT2D eigenvalue weighted by Gasteiger charge is -2.14. The Labute approximate surface area is 183 Å². The van der Waals surface area contributed by atoms with Gasteiger partial charge >= 0.3 is 0 Å². The van der Waals surface area contributed by atoms with Crippen LogP contribution in [0.2, 0.25) is 0 Å². The van der Waals surface area contributed by atoms with Gasteiger partial charge < -0.3 is 20.1 Å². The lowest BCUT2D eigenvalue weighted by atomic mass is 10.1. The fourth-order valence-corrected chi connectivity index (χ4v) is 3.12.